The largest absolute Gasteiger partial charge is 0.462 e. The lowest BCUT2D eigenvalue weighted by Crippen LogP contribution is -2.15. The van der Waals surface area contributed by atoms with Crippen LogP contribution < -0.4 is 5.32 Å². The maximum atomic E-state index is 5.64. The highest BCUT2D eigenvalue weighted by molar-refractivity contribution is 5.48. The Morgan fingerprint density at radius 1 is 1.33 bits per heavy atom. The highest BCUT2D eigenvalue weighted by atomic mass is 16.3. The van der Waals surface area contributed by atoms with Gasteiger partial charge in [0, 0.05) is 13.0 Å². The number of nitrogens with one attached hydrogen (secondary N) is 1. The van der Waals surface area contributed by atoms with Crippen LogP contribution >= 0.6 is 0 Å². The van der Waals surface area contributed by atoms with Crippen molar-refractivity contribution in [1.29, 1.82) is 0 Å². The van der Waals surface area contributed by atoms with Gasteiger partial charge in [-0.25, -0.2) is 0 Å². The van der Waals surface area contributed by atoms with E-state index >= 15 is 0 Å². The van der Waals surface area contributed by atoms with E-state index in [2.05, 4.69) is 32.2 Å². The van der Waals surface area contributed by atoms with Crippen molar-refractivity contribution in [2.75, 3.05) is 13.1 Å². The summed E-state index contributed by atoms with van der Waals surface area (Å²) in [5.74, 6) is 2.03. The van der Waals surface area contributed by atoms with Gasteiger partial charge in [-0.1, -0.05) is 26.3 Å². The fourth-order valence-corrected chi connectivity index (χ4v) is 1.43. The first-order valence-electron chi connectivity index (χ1n) is 5.79. The highest BCUT2D eigenvalue weighted by Gasteiger charge is 1.99. The molecule has 0 unspecified atom stereocenters. The molecule has 0 radical (unpaired) electrons. The van der Waals surface area contributed by atoms with Gasteiger partial charge in [-0.05, 0) is 31.2 Å². The van der Waals surface area contributed by atoms with Crippen molar-refractivity contribution >= 4 is 6.08 Å². The Bertz CT molecular complexity index is 312. The van der Waals surface area contributed by atoms with E-state index in [1.807, 2.05) is 12.1 Å². The van der Waals surface area contributed by atoms with E-state index in [4.69, 9.17) is 4.42 Å². The normalized spacial score (nSPS) is 12.1. The summed E-state index contributed by atoms with van der Waals surface area (Å²) in [7, 11) is 0. The zero-order valence-electron chi connectivity index (χ0n) is 9.97. The molecule has 0 aliphatic carbocycles. The predicted molar refractivity (Wildman–Crippen MR) is 64.9 cm³/mol. The number of furan rings is 1. The van der Waals surface area contributed by atoms with Gasteiger partial charge in [-0.3, -0.25) is 0 Å². The number of hydrogen-bond acceptors (Lipinski definition) is 2. The zero-order chi connectivity index (χ0) is 11.1. The van der Waals surface area contributed by atoms with Crippen LogP contribution in [0.25, 0.3) is 6.08 Å². The average Bonchev–Trinajstić information content (AvgIpc) is 2.71. The Balaban J connectivity index is 2.65. The Hall–Kier alpha value is -1.02. The Morgan fingerprint density at radius 3 is 2.67 bits per heavy atom. The number of rotatable bonds is 6. The van der Waals surface area contributed by atoms with Crippen molar-refractivity contribution < 1.29 is 4.42 Å². The molecule has 0 bridgehead atoms. The second kappa shape index (κ2) is 6.46. The molecule has 0 aliphatic rings. The molecule has 0 spiro atoms. The molecule has 0 amide bonds. The second-order valence-corrected chi connectivity index (χ2v) is 3.59. The van der Waals surface area contributed by atoms with Crippen LogP contribution in [0.1, 0.15) is 38.7 Å². The summed E-state index contributed by atoms with van der Waals surface area (Å²) < 4.78 is 5.64. The standard InChI is InChI=1S/C13H21NO/c1-4-11(10-14-6-3)9-13-8-7-12(5-2)15-13/h7-9,14H,4-6,10H2,1-3H3. The van der Waals surface area contributed by atoms with Crippen LogP contribution in [0.15, 0.2) is 22.1 Å². The Kier molecular flexibility index (Phi) is 5.19. The lowest BCUT2D eigenvalue weighted by Gasteiger charge is -2.03. The number of hydrogen-bond donors (Lipinski definition) is 1. The molecule has 1 rings (SSSR count). The minimum absolute atomic E-state index is 0.954. The molecule has 0 aromatic carbocycles. The fourth-order valence-electron chi connectivity index (χ4n) is 1.43. The SMILES string of the molecule is CCNCC(=Cc1ccc(CC)o1)CC. The van der Waals surface area contributed by atoms with Gasteiger partial charge in [0.1, 0.15) is 11.5 Å². The van der Waals surface area contributed by atoms with Crippen LogP contribution in [-0.2, 0) is 6.42 Å². The van der Waals surface area contributed by atoms with Crippen LogP contribution in [0.4, 0.5) is 0 Å². The zero-order valence-corrected chi connectivity index (χ0v) is 9.97. The maximum Gasteiger partial charge on any atom is 0.127 e. The number of likely N-dealkylation sites (N-methyl/N-ethyl adjacent to an activating group) is 1. The first kappa shape index (κ1) is 12.1. The van der Waals surface area contributed by atoms with Crippen molar-refractivity contribution in [2.24, 2.45) is 0 Å². The molecule has 1 aromatic heterocycles. The molecule has 0 atom stereocenters. The third-order valence-electron chi connectivity index (χ3n) is 2.43. The van der Waals surface area contributed by atoms with E-state index in [1.165, 1.54) is 5.57 Å². The van der Waals surface area contributed by atoms with E-state index in [1.54, 1.807) is 0 Å². The van der Waals surface area contributed by atoms with Crippen LogP contribution in [0.2, 0.25) is 0 Å². The molecular weight excluding hydrogens is 186 g/mol. The first-order valence-corrected chi connectivity index (χ1v) is 5.79. The predicted octanol–water partition coefficient (Wildman–Crippen LogP) is 3.24. The average molecular weight is 207 g/mol. The lowest BCUT2D eigenvalue weighted by molar-refractivity contribution is 0.507. The molecule has 0 aliphatic heterocycles. The minimum atomic E-state index is 0.954. The van der Waals surface area contributed by atoms with Crippen LogP contribution in [0, 0.1) is 0 Å². The third-order valence-corrected chi connectivity index (χ3v) is 2.43. The molecular formula is C13H21NO. The van der Waals surface area contributed by atoms with Crippen LogP contribution in [0.5, 0.6) is 0 Å². The summed E-state index contributed by atoms with van der Waals surface area (Å²) in [5, 5.41) is 3.33. The summed E-state index contributed by atoms with van der Waals surface area (Å²) in [4.78, 5) is 0. The molecule has 0 saturated heterocycles. The molecule has 2 nitrogen and oxygen atoms in total. The van der Waals surface area contributed by atoms with Crippen LogP contribution in [-0.4, -0.2) is 13.1 Å². The molecule has 15 heavy (non-hydrogen) atoms. The third kappa shape index (κ3) is 3.92. The molecule has 1 N–H and O–H groups in total. The van der Waals surface area contributed by atoms with Gasteiger partial charge in [0.25, 0.3) is 0 Å². The van der Waals surface area contributed by atoms with Gasteiger partial charge in [0.05, 0.1) is 0 Å². The van der Waals surface area contributed by atoms with E-state index in [9.17, 15) is 0 Å². The van der Waals surface area contributed by atoms with Crippen molar-refractivity contribution in [1.82, 2.24) is 5.32 Å². The molecule has 1 heterocycles. The van der Waals surface area contributed by atoms with Crippen molar-refractivity contribution in [2.45, 2.75) is 33.6 Å². The van der Waals surface area contributed by atoms with Crippen molar-refractivity contribution in [3.05, 3.63) is 29.2 Å². The van der Waals surface area contributed by atoms with E-state index in [-0.39, 0.29) is 0 Å². The molecule has 0 fully saturated rings. The first-order chi connectivity index (χ1) is 7.30. The smallest absolute Gasteiger partial charge is 0.127 e. The monoisotopic (exact) mass is 207 g/mol. The number of aryl methyl sites for hydroxylation is 1. The summed E-state index contributed by atoms with van der Waals surface area (Å²) in [5.41, 5.74) is 1.38. The summed E-state index contributed by atoms with van der Waals surface area (Å²) in [6.45, 7) is 8.36. The van der Waals surface area contributed by atoms with E-state index in [0.717, 1.165) is 37.5 Å². The van der Waals surface area contributed by atoms with E-state index in [0.29, 0.717) is 0 Å². The topological polar surface area (TPSA) is 25.2 Å². The van der Waals surface area contributed by atoms with Gasteiger partial charge >= 0.3 is 0 Å². The van der Waals surface area contributed by atoms with E-state index < -0.39 is 0 Å². The minimum Gasteiger partial charge on any atom is -0.462 e. The van der Waals surface area contributed by atoms with Crippen molar-refractivity contribution in [3.63, 3.8) is 0 Å². The second-order valence-electron chi connectivity index (χ2n) is 3.59. The van der Waals surface area contributed by atoms with Gasteiger partial charge in [-0.15, -0.1) is 0 Å². The van der Waals surface area contributed by atoms with Crippen LogP contribution in [0.3, 0.4) is 0 Å². The van der Waals surface area contributed by atoms with Gasteiger partial charge < -0.3 is 9.73 Å². The van der Waals surface area contributed by atoms with Crippen molar-refractivity contribution in [3.8, 4) is 0 Å². The van der Waals surface area contributed by atoms with Gasteiger partial charge in [-0.2, -0.15) is 0 Å². The highest BCUT2D eigenvalue weighted by Crippen LogP contribution is 2.13. The summed E-state index contributed by atoms with van der Waals surface area (Å²) in [6.07, 6.45) is 4.17. The molecule has 1 aromatic rings. The Morgan fingerprint density at radius 2 is 2.13 bits per heavy atom. The summed E-state index contributed by atoms with van der Waals surface area (Å²) in [6, 6.07) is 4.09. The Labute approximate surface area is 92.4 Å². The molecule has 2 heteroatoms. The summed E-state index contributed by atoms with van der Waals surface area (Å²) >= 11 is 0. The molecule has 0 saturated carbocycles. The van der Waals surface area contributed by atoms with Gasteiger partial charge in [0.15, 0.2) is 0 Å². The molecule has 84 valence electrons. The quantitative estimate of drug-likeness (QED) is 0.774. The van der Waals surface area contributed by atoms with Gasteiger partial charge in [0.2, 0.25) is 0 Å². The fraction of sp³-hybridized carbons (Fsp3) is 0.538. The lowest BCUT2D eigenvalue weighted by atomic mass is 10.1. The maximum absolute atomic E-state index is 5.64.